The Kier molecular flexibility index (Phi) is 6.67. The molecule has 0 aromatic rings. The predicted octanol–water partition coefficient (Wildman–Crippen LogP) is -0.587. The van der Waals surface area contributed by atoms with Crippen molar-refractivity contribution in [1.29, 1.82) is 0 Å². The van der Waals surface area contributed by atoms with Gasteiger partial charge in [-0.2, -0.15) is 0 Å². The van der Waals surface area contributed by atoms with Gasteiger partial charge in [0, 0.05) is 18.1 Å². The zero-order chi connectivity index (χ0) is 20.6. The third-order valence-electron chi connectivity index (χ3n) is 5.17. The fraction of sp³-hybridized carbons (Fsp3) is 0.789. The van der Waals surface area contributed by atoms with E-state index in [0.717, 1.165) is 0 Å². The van der Waals surface area contributed by atoms with E-state index in [0.29, 0.717) is 12.0 Å². The van der Waals surface area contributed by atoms with Crippen molar-refractivity contribution in [2.24, 2.45) is 5.41 Å². The summed E-state index contributed by atoms with van der Waals surface area (Å²) in [7, 11) is 0. The molecule has 8 nitrogen and oxygen atoms in total. The summed E-state index contributed by atoms with van der Waals surface area (Å²) in [6.07, 6.45) is -5.40. The summed E-state index contributed by atoms with van der Waals surface area (Å²) in [6, 6.07) is 0. The molecule has 1 aliphatic heterocycles. The van der Waals surface area contributed by atoms with Gasteiger partial charge in [-0.3, -0.25) is 4.79 Å². The lowest BCUT2D eigenvalue weighted by Gasteiger charge is -2.47. The normalized spacial score (nSPS) is 41.7. The molecule has 1 saturated heterocycles. The SMILES string of the molecule is CC(=O)C=C=C1C(C)(C)C[C@H](O[C@@H]2O[C@H](CO)[C@@H](O)[C@H](O)[C@H]2O)C[C@]1(C)O. The molecule has 1 aliphatic carbocycles. The number of hydrogen-bond acceptors (Lipinski definition) is 8. The number of aliphatic hydroxyl groups is 5. The second-order valence-corrected chi connectivity index (χ2v) is 8.30. The van der Waals surface area contributed by atoms with Crippen molar-refractivity contribution in [2.45, 2.75) is 82.9 Å². The number of ketones is 1. The second-order valence-electron chi connectivity index (χ2n) is 8.30. The lowest BCUT2D eigenvalue weighted by atomic mass is 9.65. The molecule has 8 heteroatoms. The van der Waals surface area contributed by atoms with Crippen LogP contribution < -0.4 is 0 Å². The molecule has 0 unspecified atom stereocenters. The maximum atomic E-state index is 11.2. The first-order valence-corrected chi connectivity index (χ1v) is 9.05. The summed E-state index contributed by atoms with van der Waals surface area (Å²) in [5.41, 5.74) is 1.65. The number of rotatable bonds is 4. The van der Waals surface area contributed by atoms with Crippen LogP contribution in [0.2, 0.25) is 0 Å². The van der Waals surface area contributed by atoms with Crippen LogP contribution in [0.15, 0.2) is 17.4 Å². The molecule has 5 N–H and O–H groups in total. The van der Waals surface area contributed by atoms with E-state index in [-0.39, 0.29) is 12.2 Å². The van der Waals surface area contributed by atoms with Gasteiger partial charge in [0.25, 0.3) is 0 Å². The summed E-state index contributed by atoms with van der Waals surface area (Å²) in [4.78, 5) is 11.2. The molecule has 0 radical (unpaired) electrons. The van der Waals surface area contributed by atoms with E-state index in [9.17, 15) is 30.3 Å². The Morgan fingerprint density at radius 1 is 1.22 bits per heavy atom. The van der Waals surface area contributed by atoms with E-state index in [1.54, 1.807) is 6.92 Å². The topological polar surface area (TPSA) is 137 Å². The highest BCUT2D eigenvalue weighted by molar-refractivity contribution is 5.87. The monoisotopic (exact) mass is 386 g/mol. The number of carbonyl (C=O) groups is 1. The summed E-state index contributed by atoms with van der Waals surface area (Å²) in [6.45, 7) is 6.25. The number of hydrogen-bond donors (Lipinski definition) is 5. The van der Waals surface area contributed by atoms with Gasteiger partial charge in [-0.25, -0.2) is 0 Å². The molecular weight excluding hydrogens is 356 g/mol. The molecule has 2 fully saturated rings. The van der Waals surface area contributed by atoms with Crippen LogP contribution in [0.25, 0.3) is 0 Å². The van der Waals surface area contributed by atoms with Crippen molar-refractivity contribution in [3.63, 3.8) is 0 Å². The van der Waals surface area contributed by atoms with E-state index in [4.69, 9.17) is 9.47 Å². The predicted molar refractivity (Wildman–Crippen MR) is 94.6 cm³/mol. The maximum Gasteiger partial charge on any atom is 0.186 e. The van der Waals surface area contributed by atoms with Crippen molar-refractivity contribution < 1.29 is 39.8 Å². The summed E-state index contributed by atoms with van der Waals surface area (Å²) < 4.78 is 11.2. The van der Waals surface area contributed by atoms with Crippen LogP contribution in [-0.4, -0.2) is 80.3 Å². The van der Waals surface area contributed by atoms with E-state index in [1.807, 2.05) is 13.8 Å². The molecule has 1 saturated carbocycles. The van der Waals surface area contributed by atoms with E-state index in [2.05, 4.69) is 5.73 Å². The highest BCUT2D eigenvalue weighted by Crippen LogP contribution is 2.46. The lowest BCUT2D eigenvalue weighted by molar-refractivity contribution is -0.316. The van der Waals surface area contributed by atoms with Gasteiger partial charge in [-0.15, -0.1) is 5.73 Å². The fourth-order valence-electron chi connectivity index (χ4n) is 4.01. The van der Waals surface area contributed by atoms with Crippen molar-refractivity contribution in [1.82, 2.24) is 0 Å². The van der Waals surface area contributed by atoms with Crippen LogP contribution in [-0.2, 0) is 14.3 Å². The van der Waals surface area contributed by atoms with Crippen LogP contribution >= 0.6 is 0 Å². The average molecular weight is 386 g/mol. The molecule has 7 atom stereocenters. The Labute approximate surface area is 158 Å². The van der Waals surface area contributed by atoms with Crippen LogP contribution in [0.5, 0.6) is 0 Å². The fourth-order valence-corrected chi connectivity index (χ4v) is 4.01. The smallest absolute Gasteiger partial charge is 0.186 e. The van der Waals surface area contributed by atoms with Crippen molar-refractivity contribution in [2.75, 3.05) is 6.61 Å². The molecule has 0 aromatic heterocycles. The Bertz CT molecular complexity index is 597. The maximum absolute atomic E-state index is 11.2. The first-order valence-electron chi connectivity index (χ1n) is 9.05. The molecule has 1 heterocycles. The van der Waals surface area contributed by atoms with Gasteiger partial charge in [0.15, 0.2) is 12.1 Å². The average Bonchev–Trinajstić information content (AvgIpc) is 2.52. The summed E-state index contributed by atoms with van der Waals surface area (Å²) in [5.74, 6) is -0.172. The summed E-state index contributed by atoms with van der Waals surface area (Å²) in [5, 5.41) is 50.1. The quantitative estimate of drug-likeness (QED) is 0.320. The van der Waals surface area contributed by atoms with E-state index >= 15 is 0 Å². The zero-order valence-electron chi connectivity index (χ0n) is 16.1. The zero-order valence-corrected chi connectivity index (χ0v) is 16.1. The molecular formula is C19H30O8. The molecule has 0 bridgehead atoms. The lowest BCUT2D eigenvalue weighted by Crippen LogP contribution is -2.60. The minimum atomic E-state index is -1.52. The number of ether oxygens (including phenoxy) is 2. The van der Waals surface area contributed by atoms with Gasteiger partial charge in [-0.1, -0.05) is 13.8 Å². The molecule has 154 valence electrons. The molecule has 0 spiro atoms. The first-order chi connectivity index (χ1) is 12.4. The van der Waals surface area contributed by atoms with Gasteiger partial charge in [0.05, 0.1) is 18.3 Å². The van der Waals surface area contributed by atoms with Crippen molar-refractivity contribution in [3.8, 4) is 0 Å². The van der Waals surface area contributed by atoms with Crippen LogP contribution in [0, 0.1) is 5.41 Å². The van der Waals surface area contributed by atoms with Crippen LogP contribution in [0.1, 0.15) is 40.5 Å². The third kappa shape index (κ3) is 4.85. The number of aliphatic hydroxyl groups excluding tert-OH is 4. The second kappa shape index (κ2) is 8.11. The highest BCUT2D eigenvalue weighted by Gasteiger charge is 2.49. The van der Waals surface area contributed by atoms with Gasteiger partial charge < -0.3 is 35.0 Å². The minimum Gasteiger partial charge on any atom is -0.394 e. The third-order valence-corrected chi connectivity index (χ3v) is 5.17. The molecule has 0 aromatic carbocycles. The standard InChI is InChI=1S/C19H30O8/c1-10(21)5-6-13-18(2,3)7-11(8-19(13,4)25)26-17-16(24)15(23)14(22)12(9-20)27-17/h5,11-12,14-17,20,22-25H,7-9H2,1-4H3/t6?,11-,12+,14+,15-,16+,17+,19-/m0/s1. The first kappa shape index (κ1) is 22.2. The van der Waals surface area contributed by atoms with Gasteiger partial charge in [0.1, 0.15) is 24.4 Å². The minimum absolute atomic E-state index is 0.166. The van der Waals surface area contributed by atoms with Crippen molar-refractivity contribution >= 4 is 5.78 Å². The Morgan fingerprint density at radius 3 is 2.37 bits per heavy atom. The Balaban J connectivity index is 2.20. The van der Waals surface area contributed by atoms with Gasteiger partial charge >= 0.3 is 0 Å². The molecule has 2 rings (SSSR count). The van der Waals surface area contributed by atoms with Crippen molar-refractivity contribution in [3.05, 3.63) is 17.4 Å². The molecule has 0 amide bonds. The van der Waals surface area contributed by atoms with Gasteiger partial charge in [-0.05, 0) is 25.7 Å². The highest BCUT2D eigenvalue weighted by atomic mass is 16.7. The number of carbonyl (C=O) groups excluding carboxylic acids is 1. The van der Waals surface area contributed by atoms with Crippen LogP contribution in [0.3, 0.4) is 0 Å². The Morgan fingerprint density at radius 2 is 1.85 bits per heavy atom. The largest absolute Gasteiger partial charge is 0.394 e. The Hall–Kier alpha value is -1.09. The summed E-state index contributed by atoms with van der Waals surface area (Å²) >= 11 is 0. The van der Waals surface area contributed by atoms with Crippen LogP contribution in [0.4, 0.5) is 0 Å². The van der Waals surface area contributed by atoms with E-state index < -0.39 is 54.4 Å². The molecule has 27 heavy (non-hydrogen) atoms. The van der Waals surface area contributed by atoms with Gasteiger partial charge in [0.2, 0.25) is 0 Å². The van der Waals surface area contributed by atoms with E-state index in [1.165, 1.54) is 13.0 Å². The molecule has 2 aliphatic rings.